The van der Waals surface area contributed by atoms with E-state index in [2.05, 4.69) is 4.52 Å². The molecule has 1 N–H and O–H groups in total. The first-order valence-electron chi connectivity index (χ1n) is 4.21. The van der Waals surface area contributed by atoms with E-state index in [1.165, 1.54) is 14.2 Å². The molecule has 0 aliphatic carbocycles. The van der Waals surface area contributed by atoms with Gasteiger partial charge in [-0.3, -0.25) is 0 Å². The Morgan fingerprint density at radius 1 is 1.27 bits per heavy atom. The first kappa shape index (κ1) is 15.3. The lowest BCUT2D eigenvalue weighted by molar-refractivity contribution is 0.0914. The van der Waals surface area contributed by atoms with Crippen LogP contribution in [0.4, 0.5) is 0 Å². The van der Waals surface area contributed by atoms with Gasteiger partial charge in [-0.15, -0.1) is 9.42 Å². The van der Waals surface area contributed by atoms with Crippen molar-refractivity contribution >= 4 is 16.9 Å². The third-order valence-electron chi connectivity index (χ3n) is 1.42. The summed E-state index contributed by atoms with van der Waals surface area (Å²) in [7, 11) is -0.920. The Balaban J connectivity index is 3.86. The summed E-state index contributed by atoms with van der Waals surface area (Å²) in [5.41, 5.74) is -0.370. The van der Waals surface area contributed by atoms with Gasteiger partial charge in [0.15, 0.2) is 0 Å². The Hall–Kier alpha value is 0.330. The molecule has 0 aromatic rings. The molecule has 8 heteroatoms. The Bertz CT molecular complexity index is 194. The molecule has 0 aromatic carbocycles. The largest absolute Gasteiger partial charge is 0.694 e. The molecule has 0 radical (unpaired) electrons. The summed E-state index contributed by atoms with van der Waals surface area (Å²) in [4.78, 5) is 8.49. The molecule has 0 saturated carbocycles. The molecule has 6 nitrogen and oxygen atoms in total. The highest BCUT2D eigenvalue weighted by molar-refractivity contribution is 7.41. The predicted octanol–water partition coefficient (Wildman–Crippen LogP) is 2.22. The van der Waals surface area contributed by atoms with Crippen LogP contribution in [-0.2, 0) is 22.7 Å². The first-order valence-corrected chi connectivity index (χ1v) is 6.44. The Labute approximate surface area is 91.8 Å². The van der Waals surface area contributed by atoms with Crippen LogP contribution >= 0.6 is 16.9 Å². The monoisotopic (exact) mass is 259 g/mol. The van der Waals surface area contributed by atoms with Gasteiger partial charge in [0.05, 0.1) is 6.61 Å². The highest BCUT2D eigenvalue weighted by atomic mass is 31.2. The van der Waals surface area contributed by atoms with E-state index >= 15 is 0 Å². The summed E-state index contributed by atoms with van der Waals surface area (Å²) in [5, 5.41) is 0. The van der Waals surface area contributed by atoms with Crippen LogP contribution in [0.1, 0.15) is 13.8 Å². The van der Waals surface area contributed by atoms with Gasteiger partial charge in [0, 0.05) is 24.2 Å². The molecule has 0 spiro atoms. The van der Waals surface area contributed by atoms with Crippen molar-refractivity contribution in [2.45, 2.75) is 13.8 Å². The molecular formula is C7H17O6P2+. The molecule has 0 bridgehead atoms. The van der Waals surface area contributed by atoms with E-state index in [-0.39, 0.29) is 12.0 Å². The molecule has 0 fully saturated rings. The van der Waals surface area contributed by atoms with E-state index in [9.17, 15) is 4.57 Å². The molecule has 0 rings (SSSR count). The van der Waals surface area contributed by atoms with Gasteiger partial charge in [-0.1, -0.05) is 13.8 Å². The Morgan fingerprint density at radius 2 is 1.80 bits per heavy atom. The van der Waals surface area contributed by atoms with E-state index in [0.29, 0.717) is 6.61 Å². The van der Waals surface area contributed by atoms with Gasteiger partial charge in [-0.25, -0.2) is 0 Å². The topological polar surface area (TPSA) is 74.2 Å². The Morgan fingerprint density at radius 3 is 2.20 bits per heavy atom. The molecule has 0 aliphatic rings. The van der Waals surface area contributed by atoms with Gasteiger partial charge in [0.2, 0.25) is 0 Å². The standard InChI is InChI=1S/C7H16O6P2/c1-7(2,5-12-14(8)9)6-13-15(10-3)11-4/h5-6H2,1-4H3/p+1. The van der Waals surface area contributed by atoms with E-state index in [1.54, 1.807) is 0 Å². The van der Waals surface area contributed by atoms with Crippen molar-refractivity contribution in [2.75, 3.05) is 27.4 Å². The van der Waals surface area contributed by atoms with Gasteiger partial charge in [-0.05, 0) is 0 Å². The van der Waals surface area contributed by atoms with E-state index in [1.807, 2.05) is 13.8 Å². The molecule has 1 atom stereocenters. The van der Waals surface area contributed by atoms with Gasteiger partial charge < -0.3 is 13.6 Å². The zero-order valence-corrected chi connectivity index (χ0v) is 11.1. The van der Waals surface area contributed by atoms with Crippen molar-refractivity contribution in [1.82, 2.24) is 0 Å². The normalized spacial score (nSPS) is 13.3. The quantitative estimate of drug-likeness (QED) is 0.673. The van der Waals surface area contributed by atoms with Crippen LogP contribution in [0.2, 0.25) is 0 Å². The van der Waals surface area contributed by atoms with E-state index < -0.39 is 16.9 Å². The SMILES string of the molecule is COP(OC)OCC(C)(C)CO[P+](=O)O. The maximum Gasteiger partial charge on any atom is 0.694 e. The van der Waals surface area contributed by atoms with Crippen LogP contribution in [0.15, 0.2) is 0 Å². The van der Waals surface area contributed by atoms with Crippen molar-refractivity contribution in [3.63, 3.8) is 0 Å². The Kier molecular flexibility index (Phi) is 7.75. The lowest BCUT2D eigenvalue weighted by Crippen LogP contribution is -2.23. The van der Waals surface area contributed by atoms with Crippen LogP contribution in [0, 0.1) is 5.41 Å². The summed E-state index contributed by atoms with van der Waals surface area (Å²) in [6.07, 6.45) is 0. The lowest BCUT2D eigenvalue weighted by Gasteiger charge is -2.22. The summed E-state index contributed by atoms with van der Waals surface area (Å²) >= 11 is 0. The molecule has 0 amide bonds. The van der Waals surface area contributed by atoms with Gasteiger partial charge >= 0.3 is 16.9 Å². The molecular weight excluding hydrogens is 242 g/mol. The summed E-state index contributed by atoms with van der Waals surface area (Å²) in [6, 6.07) is 0. The number of hydrogen-bond acceptors (Lipinski definition) is 5. The molecule has 90 valence electrons. The fourth-order valence-electron chi connectivity index (χ4n) is 0.679. The fourth-order valence-corrected chi connectivity index (χ4v) is 1.95. The molecule has 0 aliphatic heterocycles. The maximum absolute atomic E-state index is 10.3. The molecule has 0 aromatic heterocycles. The highest BCUT2D eigenvalue weighted by Crippen LogP contribution is 2.39. The van der Waals surface area contributed by atoms with Crippen LogP contribution < -0.4 is 0 Å². The fraction of sp³-hybridized carbons (Fsp3) is 1.00. The minimum Gasteiger partial charge on any atom is -0.316 e. The van der Waals surface area contributed by atoms with Crippen LogP contribution in [0.5, 0.6) is 0 Å². The summed E-state index contributed by atoms with van der Waals surface area (Å²) in [5.74, 6) is 0. The third-order valence-corrected chi connectivity index (χ3v) is 2.71. The number of hydrogen-bond donors (Lipinski definition) is 1. The predicted molar refractivity (Wildman–Crippen MR) is 56.4 cm³/mol. The van der Waals surface area contributed by atoms with Crippen LogP contribution in [-0.4, -0.2) is 32.3 Å². The van der Waals surface area contributed by atoms with Gasteiger partial charge in [-0.2, -0.15) is 0 Å². The van der Waals surface area contributed by atoms with Gasteiger partial charge in [0.25, 0.3) is 0 Å². The lowest BCUT2D eigenvalue weighted by atomic mass is 9.97. The van der Waals surface area contributed by atoms with E-state index in [0.717, 1.165) is 0 Å². The van der Waals surface area contributed by atoms with Crippen LogP contribution in [0.25, 0.3) is 0 Å². The van der Waals surface area contributed by atoms with Crippen molar-refractivity contribution in [1.29, 1.82) is 0 Å². The van der Waals surface area contributed by atoms with E-state index in [4.69, 9.17) is 18.5 Å². The second-order valence-corrected chi connectivity index (χ2v) is 5.71. The second-order valence-electron chi connectivity index (χ2n) is 3.54. The van der Waals surface area contributed by atoms with Crippen molar-refractivity contribution in [2.24, 2.45) is 5.41 Å². The van der Waals surface area contributed by atoms with Gasteiger partial charge in [0.1, 0.15) is 6.61 Å². The third kappa shape index (κ3) is 8.17. The maximum atomic E-state index is 10.3. The van der Waals surface area contributed by atoms with Crippen molar-refractivity contribution < 1.29 is 27.6 Å². The molecule has 0 heterocycles. The first-order chi connectivity index (χ1) is 6.91. The minimum absolute atomic E-state index is 0.134. The molecule has 1 unspecified atom stereocenters. The summed E-state index contributed by atoms with van der Waals surface area (Å²) < 4.78 is 30.0. The minimum atomic E-state index is -2.56. The average molecular weight is 259 g/mol. The second kappa shape index (κ2) is 7.58. The van der Waals surface area contributed by atoms with Crippen molar-refractivity contribution in [3.8, 4) is 0 Å². The average Bonchev–Trinajstić information content (AvgIpc) is 2.17. The number of rotatable bonds is 8. The highest BCUT2D eigenvalue weighted by Gasteiger charge is 2.27. The smallest absolute Gasteiger partial charge is 0.316 e. The molecule has 0 saturated heterocycles. The molecule has 15 heavy (non-hydrogen) atoms. The van der Waals surface area contributed by atoms with Crippen LogP contribution in [0.3, 0.4) is 0 Å². The van der Waals surface area contributed by atoms with Crippen molar-refractivity contribution in [3.05, 3.63) is 0 Å². The zero-order chi connectivity index (χ0) is 11.9. The summed E-state index contributed by atoms with van der Waals surface area (Å²) in [6.45, 7) is 4.16. The zero-order valence-electron chi connectivity index (χ0n) is 9.30.